The van der Waals surface area contributed by atoms with E-state index in [-0.39, 0.29) is 0 Å². The van der Waals surface area contributed by atoms with Gasteiger partial charge in [-0.15, -0.1) is 0 Å². The van der Waals surface area contributed by atoms with Crippen molar-refractivity contribution in [1.29, 1.82) is 0 Å². The van der Waals surface area contributed by atoms with E-state index in [1.165, 1.54) is 11.1 Å². The van der Waals surface area contributed by atoms with Gasteiger partial charge < -0.3 is 4.74 Å². The summed E-state index contributed by atoms with van der Waals surface area (Å²) in [5.74, 6) is 2.23. The van der Waals surface area contributed by atoms with Gasteiger partial charge in [0.15, 0.2) is 0 Å². The molecule has 1 radical (unpaired) electrons. The molecule has 79 valence electrons. The Morgan fingerprint density at radius 1 is 1.14 bits per heavy atom. The molecule has 0 saturated heterocycles. The number of methoxy groups -OCH3 is 1. The van der Waals surface area contributed by atoms with Crippen molar-refractivity contribution in [3.63, 3.8) is 0 Å². The molecule has 0 saturated carbocycles. The van der Waals surface area contributed by atoms with E-state index in [4.69, 9.17) is 4.74 Å². The molecule has 1 aliphatic rings. The minimum Gasteiger partial charge on any atom is -0.497 e. The molecule has 0 aromatic rings. The molecule has 1 nitrogen and oxygen atoms in total. The molecular weight excluding hydrogens is 172 g/mol. The molecule has 0 fully saturated rings. The predicted octanol–water partition coefficient (Wildman–Crippen LogP) is 3.73. The summed E-state index contributed by atoms with van der Waals surface area (Å²) >= 11 is 0. The lowest BCUT2D eigenvalue weighted by Crippen LogP contribution is -2.11. The third-order valence-electron chi connectivity index (χ3n) is 2.71. The summed E-state index contributed by atoms with van der Waals surface area (Å²) in [5, 5.41) is 0. The molecule has 0 aliphatic heterocycles. The highest BCUT2D eigenvalue weighted by molar-refractivity contribution is 5.39. The Hall–Kier alpha value is -0.720. The summed E-state index contributed by atoms with van der Waals surface area (Å²) in [4.78, 5) is 0. The lowest BCUT2D eigenvalue weighted by atomic mass is 9.86. The van der Waals surface area contributed by atoms with E-state index in [1.807, 2.05) is 0 Å². The van der Waals surface area contributed by atoms with Gasteiger partial charge in [-0.1, -0.05) is 33.8 Å². The second-order valence-electron chi connectivity index (χ2n) is 4.43. The van der Waals surface area contributed by atoms with Crippen LogP contribution in [0.15, 0.2) is 23.0 Å². The topological polar surface area (TPSA) is 9.23 Å². The van der Waals surface area contributed by atoms with Crippen molar-refractivity contribution >= 4 is 0 Å². The van der Waals surface area contributed by atoms with Crippen molar-refractivity contribution in [2.45, 2.75) is 34.1 Å². The van der Waals surface area contributed by atoms with Gasteiger partial charge in [0, 0.05) is 0 Å². The first kappa shape index (κ1) is 11.4. The molecule has 1 aliphatic carbocycles. The summed E-state index contributed by atoms with van der Waals surface area (Å²) < 4.78 is 5.53. The quantitative estimate of drug-likeness (QED) is 0.663. The first-order valence-corrected chi connectivity index (χ1v) is 5.38. The van der Waals surface area contributed by atoms with Crippen LogP contribution in [0.25, 0.3) is 0 Å². The smallest absolute Gasteiger partial charge is 0.121 e. The molecule has 0 aromatic heterocycles. The van der Waals surface area contributed by atoms with Gasteiger partial charge in [0.25, 0.3) is 0 Å². The van der Waals surface area contributed by atoms with E-state index < -0.39 is 0 Å². The first-order valence-electron chi connectivity index (χ1n) is 5.38. The van der Waals surface area contributed by atoms with Crippen LogP contribution in [-0.4, -0.2) is 7.11 Å². The molecule has 0 N–H and O–H groups in total. The molecule has 0 atom stereocenters. The minimum absolute atomic E-state index is 0.537. The molecular formula is C13H21O. The monoisotopic (exact) mass is 193 g/mol. The number of rotatable bonds is 3. The molecule has 0 spiro atoms. The van der Waals surface area contributed by atoms with Crippen LogP contribution in [-0.2, 0) is 4.74 Å². The van der Waals surface area contributed by atoms with Crippen LogP contribution in [0.4, 0.5) is 0 Å². The van der Waals surface area contributed by atoms with Gasteiger partial charge in [-0.2, -0.15) is 0 Å². The van der Waals surface area contributed by atoms with Crippen LogP contribution < -0.4 is 0 Å². The van der Waals surface area contributed by atoms with Crippen molar-refractivity contribution in [3.8, 4) is 0 Å². The fourth-order valence-electron chi connectivity index (χ4n) is 1.87. The standard InChI is InChI=1S/C13H21O/c1-9(2)11-7-6-8-12(10(3)4)13(11)14-5/h6-7,9-10H,8H2,1-5H3. The maximum Gasteiger partial charge on any atom is 0.121 e. The van der Waals surface area contributed by atoms with E-state index >= 15 is 0 Å². The van der Waals surface area contributed by atoms with E-state index in [9.17, 15) is 0 Å². The second-order valence-corrected chi connectivity index (χ2v) is 4.43. The maximum absolute atomic E-state index is 5.53. The normalized spacial score (nSPS) is 17.8. The zero-order valence-electron chi connectivity index (χ0n) is 9.92. The van der Waals surface area contributed by atoms with E-state index in [2.05, 4.69) is 40.2 Å². The zero-order valence-corrected chi connectivity index (χ0v) is 9.92. The Bertz CT molecular complexity index is 256. The Labute approximate surface area is 87.8 Å². The van der Waals surface area contributed by atoms with Gasteiger partial charge in [-0.3, -0.25) is 0 Å². The first-order chi connectivity index (χ1) is 6.57. The Morgan fingerprint density at radius 3 is 2.21 bits per heavy atom. The van der Waals surface area contributed by atoms with Gasteiger partial charge in [-0.05, 0) is 35.8 Å². The average molecular weight is 193 g/mol. The Kier molecular flexibility index (Phi) is 3.79. The van der Waals surface area contributed by atoms with E-state index in [0.29, 0.717) is 11.8 Å². The largest absolute Gasteiger partial charge is 0.497 e. The van der Waals surface area contributed by atoms with Crippen molar-refractivity contribution in [3.05, 3.63) is 29.4 Å². The number of hydrogen-bond acceptors (Lipinski definition) is 1. The highest BCUT2D eigenvalue weighted by Crippen LogP contribution is 2.33. The van der Waals surface area contributed by atoms with Gasteiger partial charge in [0.2, 0.25) is 0 Å². The summed E-state index contributed by atoms with van der Waals surface area (Å²) in [7, 11) is 1.78. The fourth-order valence-corrected chi connectivity index (χ4v) is 1.87. The molecule has 0 bridgehead atoms. The molecule has 0 aromatic carbocycles. The summed E-state index contributed by atoms with van der Waals surface area (Å²) in [6.45, 7) is 8.88. The van der Waals surface area contributed by atoms with Gasteiger partial charge >= 0.3 is 0 Å². The van der Waals surface area contributed by atoms with Gasteiger partial charge in [0.1, 0.15) is 5.76 Å². The van der Waals surface area contributed by atoms with Crippen molar-refractivity contribution in [1.82, 2.24) is 0 Å². The minimum atomic E-state index is 0.537. The summed E-state index contributed by atoms with van der Waals surface area (Å²) in [5.41, 5.74) is 2.76. The highest BCUT2D eigenvalue weighted by atomic mass is 16.5. The SMILES string of the molecule is COC1=C(C(C)C)C[CH]C=C1C(C)C. The van der Waals surface area contributed by atoms with Crippen LogP contribution in [0.2, 0.25) is 0 Å². The van der Waals surface area contributed by atoms with Crippen molar-refractivity contribution in [2.24, 2.45) is 11.8 Å². The summed E-state index contributed by atoms with van der Waals surface area (Å²) in [6, 6.07) is 0. The van der Waals surface area contributed by atoms with Gasteiger partial charge in [-0.25, -0.2) is 0 Å². The lowest BCUT2D eigenvalue weighted by Gasteiger charge is -2.25. The van der Waals surface area contributed by atoms with Crippen molar-refractivity contribution in [2.75, 3.05) is 7.11 Å². The second kappa shape index (κ2) is 4.68. The van der Waals surface area contributed by atoms with Crippen LogP contribution in [0.1, 0.15) is 34.1 Å². The molecule has 1 heteroatoms. The molecule has 0 amide bonds. The van der Waals surface area contributed by atoms with Crippen LogP contribution in [0.5, 0.6) is 0 Å². The van der Waals surface area contributed by atoms with Crippen LogP contribution in [0.3, 0.4) is 0 Å². The average Bonchev–Trinajstić information content (AvgIpc) is 2.16. The van der Waals surface area contributed by atoms with E-state index in [0.717, 1.165) is 12.2 Å². The highest BCUT2D eigenvalue weighted by Gasteiger charge is 2.20. The zero-order chi connectivity index (χ0) is 10.7. The van der Waals surface area contributed by atoms with Crippen LogP contribution in [0, 0.1) is 18.3 Å². The van der Waals surface area contributed by atoms with Crippen LogP contribution >= 0.6 is 0 Å². The fraction of sp³-hybridized carbons (Fsp3) is 0.615. The number of ether oxygens (including phenoxy) is 1. The Balaban J connectivity index is 3.04. The lowest BCUT2D eigenvalue weighted by molar-refractivity contribution is 0.282. The van der Waals surface area contributed by atoms with E-state index in [1.54, 1.807) is 7.11 Å². The molecule has 0 heterocycles. The molecule has 1 rings (SSSR count). The van der Waals surface area contributed by atoms with Gasteiger partial charge in [0.05, 0.1) is 7.11 Å². The number of hydrogen-bond donors (Lipinski definition) is 0. The third-order valence-corrected chi connectivity index (χ3v) is 2.71. The molecule has 0 unspecified atom stereocenters. The Morgan fingerprint density at radius 2 is 1.79 bits per heavy atom. The summed E-state index contributed by atoms with van der Waals surface area (Å²) in [6.07, 6.45) is 5.49. The van der Waals surface area contributed by atoms with Crippen molar-refractivity contribution < 1.29 is 4.74 Å². The molecule has 14 heavy (non-hydrogen) atoms. The number of allylic oxidation sites excluding steroid dienone is 3. The third kappa shape index (κ3) is 2.20. The maximum atomic E-state index is 5.53. The predicted molar refractivity (Wildman–Crippen MR) is 60.7 cm³/mol.